The van der Waals surface area contributed by atoms with Gasteiger partial charge in [-0.25, -0.2) is 12.8 Å². The third-order valence-electron chi connectivity index (χ3n) is 4.55. The summed E-state index contributed by atoms with van der Waals surface area (Å²) in [6.45, 7) is 1.66. The third-order valence-corrected chi connectivity index (χ3v) is 6.50. The van der Waals surface area contributed by atoms with Crippen molar-refractivity contribution < 1.29 is 17.6 Å². The first-order chi connectivity index (χ1) is 11.2. The van der Waals surface area contributed by atoms with Crippen molar-refractivity contribution >= 4 is 37.3 Å². The quantitative estimate of drug-likeness (QED) is 0.740. The SMILES string of the molecule is CC1=C(S(C)(=O)=O)C(c2ccc(F)c(Br)c2)C2C(=O)CCCC2=N1. The fraction of sp³-hybridized carbons (Fsp3) is 0.412. The molecule has 1 fully saturated rings. The van der Waals surface area contributed by atoms with Gasteiger partial charge in [-0.15, -0.1) is 0 Å². The van der Waals surface area contributed by atoms with E-state index >= 15 is 0 Å². The summed E-state index contributed by atoms with van der Waals surface area (Å²) in [4.78, 5) is 17.1. The van der Waals surface area contributed by atoms with Crippen LogP contribution in [0.5, 0.6) is 0 Å². The van der Waals surface area contributed by atoms with Gasteiger partial charge in [-0.2, -0.15) is 0 Å². The maximum atomic E-state index is 13.6. The van der Waals surface area contributed by atoms with E-state index in [-0.39, 0.29) is 15.2 Å². The molecule has 3 rings (SSSR count). The number of allylic oxidation sites excluding steroid dienone is 2. The summed E-state index contributed by atoms with van der Waals surface area (Å²) in [5.41, 5.74) is 1.76. The summed E-state index contributed by atoms with van der Waals surface area (Å²) in [6, 6.07) is 4.39. The number of ketones is 1. The molecule has 1 aliphatic carbocycles. The van der Waals surface area contributed by atoms with Gasteiger partial charge < -0.3 is 0 Å². The summed E-state index contributed by atoms with van der Waals surface area (Å²) in [6.07, 6.45) is 2.96. The van der Waals surface area contributed by atoms with Gasteiger partial charge in [0, 0.05) is 24.3 Å². The van der Waals surface area contributed by atoms with Gasteiger partial charge in [-0.05, 0) is 53.4 Å². The topological polar surface area (TPSA) is 63.6 Å². The summed E-state index contributed by atoms with van der Waals surface area (Å²) in [7, 11) is -3.56. The molecular formula is C17H17BrFNO3S. The van der Waals surface area contributed by atoms with Crippen molar-refractivity contribution in [2.75, 3.05) is 6.26 Å². The van der Waals surface area contributed by atoms with Gasteiger partial charge in [0.15, 0.2) is 9.84 Å². The Kier molecular flexibility index (Phi) is 4.51. The van der Waals surface area contributed by atoms with Crippen LogP contribution < -0.4 is 0 Å². The molecule has 2 unspecified atom stereocenters. The maximum Gasteiger partial charge on any atom is 0.174 e. The van der Waals surface area contributed by atoms with Gasteiger partial charge in [0.05, 0.1) is 21.0 Å². The first-order valence-electron chi connectivity index (χ1n) is 7.66. The second kappa shape index (κ2) is 6.19. The number of hydrogen-bond acceptors (Lipinski definition) is 4. The molecule has 1 aromatic carbocycles. The first kappa shape index (κ1) is 17.5. The standard InChI is InChI=1S/C17H17BrFNO3S/c1-9-17(24(2,22)23)15(10-6-7-12(19)11(18)8-10)16-13(20-9)4-3-5-14(16)21/h6-8,15-16H,3-5H2,1-2H3. The molecule has 0 saturated heterocycles. The summed E-state index contributed by atoms with van der Waals surface area (Å²) in [5, 5.41) is 0. The van der Waals surface area contributed by atoms with Crippen LogP contribution in [0.1, 0.15) is 37.7 Å². The fourth-order valence-electron chi connectivity index (χ4n) is 3.64. The zero-order chi connectivity index (χ0) is 17.6. The lowest BCUT2D eigenvalue weighted by Gasteiger charge is -2.35. The molecule has 128 valence electrons. The molecule has 0 N–H and O–H groups in total. The van der Waals surface area contributed by atoms with Crippen molar-refractivity contribution in [1.29, 1.82) is 0 Å². The minimum Gasteiger partial charge on any atom is -0.299 e. The first-order valence-corrected chi connectivity index (χ1v) is 10.3. The number of rotatable bonds is 2. The molecule has 1 aliphatic heterocycles. The molecule has 1 aromatic rings. The lowest BCUT2D eigenvalue weighted by atomic mass is 9.73. The van der Waals surface area contributed by atoms with Crippen LogP contribution in [0.4, 0.5) is 4.39 Å². The van der Waals surface area contributed by atoms with Crippen LogP contribution in [0, 0.1) is 11.7 Å². The Bertz CT molecular complexity index is 889. The molecule has 0 bridgehead atoms. The lowest BCUT2D eigenvalue weighted by Crippen LogP contribution is -2.38. The number of hydrogen-bond donors (Lipinski definition) is 0. The van der Waals surface area contributed by atoms with E-state index in [9.17, 15) is 17.6 Å². The van der Waals surface area contributed by atoms with Crippen molar-refractivity contribution in [3.05, 3.63) is 44.7 Å². The Morgan fingerprint density at radius 3 is 2.58 bits per heavy atom. The molecule has 2 aliphatic rings. The van der Waals surface area contributed by atoms with Crippen LogP contribution in [0.15, 0.2) is 38.3 Å². The second-order valence-electron chi connectivity index (χ2n) is 6.27. The average Bonchev–Trinajstić information content (AvgIpc) is 2.47. The molecule has 4 nitrogen and oxygen atoms in total. The van der Waals surface area contributed by atoms with Crippen LogP contribution in [0.3, 0.4) is 0 Å². The number of aliphatic imine (C=N–C) groups is 1. The van der Waals surface area contributed by atoms with Crippen molar-refractivity contribution in [3.8, 4) is 0 Å². The van der Waals surface area contributed by atoms with Gasteiger partial charge in [-0.1, -0.05) is 6.07 Å². The summed E-state index contributed by atoms with van der Waals surface area (Å²) >= 11 is 3.15. The Morgan fingerprint density at radius 2 is 1.96 bits per heavy atom. The van der Waals surface area contributed by atoms with E-state index in [1.165, 1.54) is 6.07 Å². The smallest absolute Gasteiger partial charge is 0.174 e. The van der Waals surface area contributed by atoms with Crippen LogP contribution in [0.2, 0.25) is 0 Å². The van der Waals surface area contributed by atoms with Crippen molar-refractivity contribution in [2.45, 2.75) is 32.1 Å². The Hall–Kier alpha value is -1.34. The maximum absolute atomic E-state index is 13.6. The molecule has 2 atom stereocenters. The second-order valence-corrected chi connectivity index (χ2v) is 9.11. The molecule has 1 saturated carbocycles. The lowest BCUT2D eigenvalue weighted by molar-refractivity contribution is -0.121. The Morgan fingerprint density at radius 1 is 1.25 bits per heavy atom. The minimum absolute atomic E-state index is 0.000836. The molecule has 1 heterocycles. The van der Waals surface area contributed by atoms with E-state index in [0.29, 0.717) is 24.1 Å². The molecule has 0 aromatic heterocycles. The van der Waals surface area contributed by atoms with Crippen molar-refractivity contribution in [3.63, 3.8) is 0 Å². The van der Waals surface area contributed by atoms with Crippen LogP contribution in [-0.2, 0) is 14.6 Å². The third kappa shape index (κ3) is 2.99. The van der Waals surface area contributed by atoms with Crippen LogP contribution >= 0.6 is 15.9 Å². The number of Topliss-reactive ketones (excluding diaryl/α,β-unsaturated/α-hetero) is 1. The van der Waals surface area contributed by atoms with Gasteiger partial charge in [0.25, 0.3) is 0 Å². The van der Waals surface area contributed by atoms with Crippen LogP contribution in [-0.4, -0.2) is 26.2 Å². The zero-order valence-electron chi connectivity index (χ0n) is 13.3. The number of carbonyl (C=O) groups is 1. The van der Waals surface area contributed by atoms with Gasteiger partial charge in [0.2, 0.25) is 0 Å². The van der Waals surface area contributed by atoms with Gasteiger partial charge in [-0.3, -0.25) is 9.79 Å². The number of carbonyl (C=O) groups excluding carboxylic acids is 1. The number of fused-ring (bicyclic) bond motifs is 1. The van der Waals surface area contributed by atoms with Gasteiger partial charge >= 0.3 is 0 Å². The number of nitrogens with zero attached hydrogens (tertiary/aromatic N) is 1. The monoisotopic (exact) mass is 413 g/mol. The predicted molar refractivity (Wildman–Crippen MR) is 94.2 cm³/mol. The average molecular weight is 414 g/mol. The highest BCUT2D eigenvalue weighted by Gasteiger charge is 2.44. The Balaban J connectivity index is 2.26. The molecule has 7 heteroatoms. The van der Waals surface area contributed by atoms with E-state index in [0.717, 1.165) is 18.4 Å². The molecular weight excluding hydrogens is 397 g/mol. The summed E-state index contributed by atoms with van der Waals surface area (Å²) in [5.74, 6) is -1.65. The molecule has 0 radical (unpaired) electrons. The number of halogens is 2. The normalized spacial score (nSPS) is 24.7. The largest absolute Gasteiger partial charge is 0.299 e. The summed E-state index contributed by atoms with van der Waals surface area (Å²) < 4.78 is 38.6. The van der Waals surface area contributed by atoms with E-state index in [4.69, 9.17) is 0 Å². The highest BCUT2D eigenvalue weighted by Crippen LogP contribution is 2.45. The molecule has 0 amide bonds. The minimum atomic E-state index is -3.56. The molecule has 24 heavy (non-hydrogen) atoms. The van der Waals surface area contributed by atoms with Crippen molar-refractivity contribution in [1.82, 2.24) is 0 Å². The van der Waals surface area contributed by atoms with E-state index in [2.05, 4.69) is 20.9 Å². The van der Waals surface area contributed by atoms with Crippen LogP contribution in [0.25, 0.3) is 0 Å². The van der Waals surface area contributed by atoms with E-state index in [1.807, 2.05) is 0 Å². The predicted octanol–water partition coefficient (Wildman–Crippen LogP) is 3.77. The van der Waals surface area contributed by atoms with E-state index < -0.39 is 27.5 Å². The zero-order valence-corrected chi connectivity index (χ0v) is 15.7. The molecule has 0 spiro atoms. The van der Waals surface area contributed by atoms with Crippen molar-refractivity contribution in [2.24, 2.45) is 10.9 Å². The van der Waals surface area contributed by atoms with Gasteiger partial charge in [0.1, 0.15) is 11.6 Å². The number of sulfone groups is 1. The Labute approximate surface area is 148 Å². The highest BCUT2D eigenvalue weighted by atomic mass is 79.9. The fourth-order valence-corrected chi connectivity index (χ4v) is 5.35. The van der Waals surface area contributed by atoms with E-state index in [1.54, 1.807) is 19.1 Å². The highest BCUT2D eigenvalue weighted by molar-refractivity contribution is 9.10. The number of benzene rings is 1.